The van der Waals surface area contributed by atoms with Gasteiger partial charge in [-0.25, -0.2) is 14.4 Å². The van der Waals surface area contributed by atoms with E-state index in [-0.39, 0.29) is 18.1 Å². The van der Waals surface area contributed by atoms with Crippen molar-refractivity contribution in [2.75, 3.05) is 0 Å². The standard InChI is InChI=1S/C30H28FN3O4/c31-21-13-10-18(11-14-21)28-24(8-2-1-3-9-27(36)37)32-25-16-20(12-15-23(25)33-28)30(38)34-29-22-7-5-4-6-19(22)17-26(29)35/h4-7,10-16,26,29,35H,1-3,8-9,17H2,(H,34,38)(H,36,37)/t26-,29-/m1/s1. The molecule has 3 aromatic carbocycles. The lowest BCUT2D eigenvalue weighted by Crippen LogP contribution is -2.33. The Balaban J connectivity index is 1.42. The Labute approximate surface area is 219 Å². The van der Waals surface area contributed by atoms with Crippen molar-refractivity contribution in [3.8, 4) is 11.3 Å². The molecule has 38 heavy (non-hydrogen) atoms. The maximum Gasteiger partial charge on any atom is 0.303 e. The van der Waals surface area contributed by atoms with Crippen molar-refractivity contribution in [2.24, 2.45) is 0 Å². The van der Waals surface area contributed by atoms with Gasteiger partial charge in [0, 0.05) is 24.0 Å². The van der Waals surface area contributed by atoms with E-state index in [0.29, 0.717) is 47.2 Å². The molecule has 7 nitrogen and oxygen atoms in total. The molecular weight excluding hydrogens is 485 g/mol. The number of aromatic nitrogens is 2. The topological polar surface area (TPSA) is 112 Å². The number of amides is 1. The molecule has 194 valence electrons. The zero-order chi connectivity index (χ0) is 26.6. The maximum absolute atomic E-state index is 13.5. The number of unbranched alkanes of at least 4 members (excludes halogenated alkanes) is 2. The first-order chi connectivity index (χ1) is 18.4. The summed E-state index contributed by atoms with van der Waals surface area (Å²) in [5, 5.41) is 22.4. The molecule has 0 spiro atoms. The highest BCUT2D eigenvalue weighted by molar-refractivity contribution is 5.97. The summed E-state index contributed by atoms with van der Waals surface area (Å²) in [7, 11) is 0. The number of halogens is 1. The Morgan fingerprint density at radius 2 is 1.74 bits per heavy atom. The molecule has 1 heterocycles. The van der Waals surface area contributed by atoms with E-state index in [2.05, 4.69) is 5.32 Å². The minimum absolute atomic E-state index is 0.118. The minimum Gasteiger partial charge on any atom is -0.481 e. The van der Waals surface area contributed by atoms with E-state index in [4.69, 9.17) is 15.1 Å². The number of rotatable bonds is 9. The summed E-state index contributed by atoms with van der Waals surface area (Å²) in [4.78, 5) is 33.6. The number of benzene rings is 3. The van der Waals surface area contributed by atoms with E-state index in [9.17, 15) is 19.1 Å². The number of fused-ring (bicyclic) bond motifs is 2. The fourth-order valence-corrected chi connectivity index (χ4v) is 4.96. The molecule has 1 aromatic heterocycles. The van der Waals surface area contributed by atoms with Crippen molar-refractivity contribution in [1.29, 1.82) is 0 Å². The van der Waals surface area contributed by atoms with Crippen LogP contribution in [0.5, 0.6) is 0 Å². The number of aliphatic hydroxyl groups excluding tert-OH is 1. The van der Waals surface area contributed by atoms with Crippen LogP contribution in [0.1, 0.15) is 58.9 Å². The number of aliphatic carboxylic acids is 1. The average molecular weight is 514 g/mol. The zero-order valence-corrected chi connectivity index (χ0v) is 20.7. The second-order valence-corrected chi connectivity index (χ2v) is 9.61. The van der Waals surface area contributed by atoms with Crippen molar-refractivity contribution in [1.82, 2.24) is 15.3 Å². The number of carbonyl (C=O) groups excluding carboxylic acids is 1. The molecule has 1 aliphatic rings. The van der Waals surface area contributed by atoms with E-state index in [1.54, 1.807) is 30.3 Å². The lowest BCUT2D eigenvalue weighted by molar-refractivity contribution is -0.137. The molecular formula is C30H28FN3O4. The van der Waals surface area contributed by atoms with Crippen molar-refractivity contribution in [3.05, 3.63) is 94.9 Å². The van der Waals surface area contributed by atoms with Crippen molar-refractivity contribution in [2.45, 2.75) is 50.7 Å². The highest BCUT2D eigenvalue weighted by Crippen LogP contribution is 2.32. The highest BCUT2D eigenvalue weighted by Gasteiger charge is 2.32. The Hall–Kier alpha value is -4.17. The van der Waals surface area contributed by atoms with E-state index in [1.807, 2.05) is 24.3 Å². The summed E-state index contributed by atoms with van der Waals surface area (Å²) in [6, 6.07) is 18.4. The Bertz CT molecular complexity index is 1490. The predicted octanol–water partition coefficient (Wildman–Crippen LogP) is 5.01. The normalized spacial score (nSPS) is 16.4. The van der Waals surface area contributed by atoms with Crippen LogP contribution in [0, 0.1) is 5.82 Å². The number of carbonyl (C=O) groups is 2. The quantitative estimate of drug-likeness (QED) is 0.271. The number of nitrogens with one attached hydrogen (secondary N) is 1. The van der Waals surface area contributed by atoms with Gasteiger partial charge in [0.2, 0.25) is 0 Å². The first-order valence-corrected chi connectivity index (χ1v) is 12.7. The van der Waals surface area contributed by atoms with Gasteiger partial charge in [0.1, 0.15) is 5.82 Å². The molecule has 0 aliphatic heterocycles. The Morgan fingerprint density at radius 3 is 2.53 bits per heavy atom. The molecule has 1 amide bonds. The number of hydrogen-bond donors (Lipinski definition) is 3. The summed E-state index contributed by atoms with van der Waals surface area (Å²) in [5.74, 6) is -1.47. The molecule has 8 heteroatoms. The fourth-order valence-electron chi connectivity index (χ4n) is 4.96. The van der Waals surface area contributed by atoms with Crippen LogP contribution < -0.4 is 5.32 Å². The highest BCUT2D eigenvalue weighted by atomic mass is 19.1. The van der Waals surface area contributed by atoms with Gasteiger partial charge in [0.15, 0.2) is 0 Å². The van der Waals surface area contributed by atoms with Crippen LogP contribution >= 0.6 is 0 Å². The van der Waals surface area contributed by atoms with Crippen LogP contribution in [-0.4, -0.2) is 38.2 Å². The smallest absolute Gasteiger partial charge is 0.303 e. The summed E-state index contributed by atoms with van der Waals surface area (Å²) in [5.41, 5.74) is 5.58. The van der Waals surface area contributed by atoms with Crippen molar-refractivity contribution in [3.63, 3.8) is 0 Å². The SMILES string of the molecule is O=C(O)CCCCCc1nc2cc(C(=O)N[C@@H]3c4ccccc4C[C@H]3O)ccc2nc1-c1ccc(F)cc1. The van der Waals surface area contributed by atoms with Crippen LogP contribution in [0.2, 0.25) is 0 Å². The third kappa shape index (κ3) is 5.55. The first-order valence-electron chi connectivity index (χ1n) is 12.7. The molecule has 0 unspecified atom stereocenters. The maximum atomic E-state index is 13.5. The molecule has 0 saturated heterocycles. The van der Waals surface area contributed by atoms with Gasteiger partial charge in [0.05, 0.1) is 34.6 Å². The van der Waals surface area contributed by atoms with Crippen LogP contribution in [-0.2, 0) is 17.6 Å². The number of hydrogen-bond acceptors (Lipinski definition) is 5. The summed E-state index contributed by atoms with van der Waals surface area (Å²) < 4.78 is 13.5. The minimum atomic E-state index is -0.818. The van der Waals surface area contributed by atoms with Gasteiger partial charge in [-0.2, -0.15) is 0 Å². The lowest BCUT2D eigenvalue weighted by atomic mass is 10.0. The molecule has 0 fully saturated rings. The first kappa shape index (κ1) is 25.5. The van der Waals surface area contributed by atoms with E-state index < -0.39 is 18.1 Å². The van der Waals surface area contributed by atoms with Gasteiger partial charge < -0.3 is 15.5 Å². The van der Waals surface area contributed by atoms with E-state index in [0.717, 1.165) is 29.5 Å². The molecule has 4 aromatic rings. The summed E-state index contributed by atoms with van der Waals surface area (Å²) in [6.45, 7) is 0. The van der Waals surface area contributed by atoms with Crippen LogP contribution in [0.3, 0.4) is 0 Å². The van der Waals surface area contributed by atoms with Gasteiger partial charge in [-0.1, -0.05) is 30.7 Å². The molecule has 5 rings (SSSR count). The van der Waals surface area contributed by atoms with Gasteiger partial charge >= 0.3 is 5.97 Å². The zero-order valence-electron chi connectivity index (χ0n) is 20.7. The van der Waals surface area contributed by atoms with Gasteiger partial charge in [-0.15, -0.1) is 0 Å². The third-order valence-corrected chi connectivity index (χ3v) is 6.91. The molecule has 1 aliphatic carbocycles. The molecule has 2 atom stereocenters. The number of carboxylic acid groups (broad SMARTS) is 1. The second kappa shape index (κ2) is 11.1. The van der Waals surface area contributed by atoms with E-state index >= 15 is 0 Å². The summed E-state index contributed by atoms with van der Waals surface area (Å²) >= 11 is 0. The summed E-state index contributed by atoms with van der Waals surface area (Å²) in [6.07, 6.45) is 2.50. The number of carboxylic acids is 1. The van der Waals surface area contributed by atoms with Gasteiger partial charge in [0.25, 0.3) is 5.91 Å². The Kier molecular flexibility index (Phi) is 7.42. The Morgan fingerprint density at radius 1 is 0.947 bits per heavy atom. The molecule has 0 saturated carbocycles. The number of nitrogens with zero attached hydrogens (tertiary/aromatic N) is 2. The van der Waals surface area contributed by atoms with Crippen LogP contribution in [0.25, 0.3) is 22.3 Å². The lowest BCUT2D eigenvalue weighted by Gasteiger charge is -2.18. The number of aliphatic hydroxyl groups is 1. The largest absolute Gasteiger partial charge is 0.481 e. The van der Waals surface area contributed by atoms with Crippen LogP contribution in [0.4, 0.5) is 4.39 Å². The van der Waals surface area contributed by atoms with Gasteiger partial charge in [-0.05, 0) is 72.9 Å². The third-order valence-electron chi connectivity index (χ3n) is 6.91. The van der Waals surface area contributed by atoms with Gasteiger partial charge in [-0.3, -0.25) is 9.59 Å². The predicted molar refractivity (Wildman–Crippen MR) is 141 cm³/mol. The fraction of sp³-hybridized carbons (Fsp3) is 0.267. The monoisotopic (exact) mass is 513 g/mol. The molecule has 0 radical (unpaired) electrons. The van der Waals surface area contributed by atoms with Crippen LogP contribution in [0.15, 0.2) is 66.7 Å². The average Bonchev–Trinajstić information content (AvgIpc) is 3.22. The molecule has 3 N–H and O–H groups in total. The van der Waals surface area contributed by atoms with Crippen molar-refractivity contribution >= 4 is 22.9 Å². The number of aryl methyl sites for hydroxylation is 1. The van der Waals surface area contributed by atoms with Crippen molar-refractivity contribution < 1.29 is 24.2 Å². The second-order valence-electron chi connectivity index (χ2n) is 9.61. The molecule has 0 bridgehead atoms. The van der Waals surface area contributed by atoms with E-state index in [1.165, 1.54) is 12.1 Å².